The molecule has 0 aliphatic carbocycles. The third-order valence-electron chi connectivity index (χ3n) is 4.66. The molecule has 1 atom stereocenters. The van der Waals surface area contributed by atoms with E-state index in [1.807, 2.05) is 0 Å². The summed E-state index contributed by atoms with van der Waals surface area (Å²) in [5.41, 5.74) is 7.66. The number of nitrogens with zero attached hydrogens (tertiary/aromatic N) is 2. The third-order valence-corrected chi connectivity index (χ3v) is 5.19. The minimum atomic E-state index is 0.151. The molecular weight excluding hydrogens is 314 g/mol. The Kier molecular flexibility index (Phi) is 5.61. The highest BCUT2D eigenvalue weighted by Crippen LogP contribution is 2.28. The van der Waals surface area contributed by atoms with Crippen LogP contribution in [-0.4, -0.2) is 49.1 Å². The van der Waals surface area contributed by atoms with Gasteiger partial charge in [-0.3, -0.25) is 4.90 Å². The Bertz CT molecular complexity index is 420. The van der Waals surface area contributed by atoms with Crippen molar-refractivity contribution in [1.29, 1.82) is 0 Å². The molecule has 0 bridgehead atoms. The van der Waals surface area contributed by atoms with E-state index >= 15 is 0 Å². The second kappa shape index (κ2) is 7.03. The predicted molar refractivity (Wildman–Crippen MR) is 88.7 cm³/mol. The van der Waals surface area contributed by atoms with E-state index in [9.17, 15) is 0 Å². The summed E-state index contributed by atoms with van der Waals surface area (Å²) in [5.74, 6) is 0. The molecule has 1 aromatic carbocycles. The maximum Gasteiger partial charge on any atom is 0.0344 e. The van der Waals surface area contributed by atoms with E-state index in [4.69, 9.17) is 5.73 Å². The van der Waals surface area contributed by atoms with Crippen LogP contribution in [0.25, 0.3) is 0 Å². The molecule has 0 radical (unpaired) electrons. The van der Waals surface area contributed by atoms with E-state index in [1.54, 1.807) is 0 Å². The highest BCUT2D eigenvalue weighted by molar-refractivity contribution is 9.10. The van der Waals surface area contributed by atoms with Crippen LogP contribution in [0.3, 0.4) is 0 Å². The summed E-state index contributed by atoms with van der Waals surface area (Å²) in [7, 11) is 4.43. The number of rotatable bonds is 4. The molecular formula is C16H26BrN3. The van der Waals surface area contributed by atoms with Crippen molar-refractivity contribution in [2.45, 2.75) is 31.3 Å². The van der Waals surface area contributed by atoms with Gasteiger partial charge in [-0.2, -0.15) is 0 Å². The molecule has 0 aromatic heterocycles. The SMILES string of the molecule is CN1CCCC(CN)(N(C)Cc2ccc(Br)cc2)CC1. The first-order chi connectivity index (χ1) is 9.55. The molecule has 1 heterocycles. The lowest BCUT2D eigenvalue weighted by Gasteiger charge is -2.41. The van der Waals surface area contributed by atoms with E-state index in [1.165, 1.54) is 24.9 Å². The lowest BCUT2D eigenvalue weighted by molar-refractivity contribution is 0.100. The smallest absolute Gasteiger partial charge is 0.0344 e. The zero-order valence-corrected chi connectivity index (χ0v) is 14.2. The monoisotopic (exact) mass is 339 g/mol. The average Bonchev–Trinajstić information content (AvgIpc) is 2.64. The summed E-state index contributed by atoms with van der Waals surface area (Å²) < 4.78 is 1.13. The Morgan fingerprint density at radius 3 is 2.60 bits per heavy atom. The number of benzene rings is 1. The molecule has 1 saturated heterocycles. The fourth-order valence-electron chi connectivity index (χ4n) is 3.09. The Labute approximate surface area is 131 Å². The Balaban J connectivity index is 2.07. The van der Waals surface area contributed by atoms with Crippen LogP contribution in [0.5, 0.6) is 0 Å². The largest absolute Gasteiger partial charge is 0.329 e. The van der Waals surface area contributed by atoms with E-state index in [0.29, 0.717) is 0 Å². The Morgan fingerprint density at radius 1 is 1.25 bits per heavy atom. The second-order valence-electron chi connectivity index (χ2n) is 6.07. The van der Waals surface area contributed by atoms with E-state index < -0.39 is 0 Å². The molecule has 4 heteroatoms. The molecule has 1 unspecified atom stereocenters. The van der Waals surface area contributed by atoms with Gasteiger partial charge < -0.3 is 10.6 Å². The first kappa shape index (κ1) is 16.0. The van der Waals surface area contributed by atoms with Crippen LogP contribution in [0, 0.1) is 0 Å². The van der Waals surface area contributed by atoms with Crippen LogP contribution in [0.1, 0.15) is 24.8 Å². The number of hydrogen-bond donors (Lipinski definition) is 1. The van der Waals surface area contributed by atoms with Crippen LogP contribution >= 0.6 is 15.9 Å². The Hall–Kier alpha value is -0.420. The van der Waals surface area contributed by atoms with Crippen LogP contribution in [-0.2, 0) is 6.54 Å². The van der Waals surface area contributed by atoms with Gasteiger partial charge in [-0.15, -0.1) is 0 Å². The van der Waals surface area contributed by atoms with Crippen molar-refractivity contribution in [2.24, 2.45) is 5.73 Å². The van der Waals surface area contributed by atoms with Gasteiger partial charge in [0.1, 0.15) is 0 Å². The molecule has 20 heavy (non-hydrogen) atoms. The summed E-state index contributed by atoms with van der Waals surface area (Å²) in [6.07, 6.45) is 3.59. The molecule has 3 nitrogen and oxygen atoms in total. The van der Waals surface area contributed by atoms with Gasteiger partial charge in [0.25, 0.3) is 0 Å². The van der Waals surface area contributed by atoms with E-state index in [2.05, 4.69) is 64.1 Å². The van der Waals surface area contributed by atoms with Gasteiger partial charge in [0, 0.05) is 23.1 Å². The predicted octanol–water partition coefficient (Wildman–Crippen LogP) is 2.69. The number of likely N-dealkylation sites (tertiary alicyclic amines) is 1. The normalized spacial score (nSPS) is 24.9. The molecule has 1 fully saturated rings. The number of likely N-dealkylation sites (N-methyl/N-ethyl adjacent to an activating group) is 1. The number of halogens is 1. The third kappa shape index (κ3) is 3.82. The topological polar surface area (TPSA) is 32.5 Å². The first-order valence-electron chi connectivity index (χ1n) is 7.40. The van der Waals surface area contributed by atoms with Crippen molar-refractivity contribution in [3.05, 3.63) is 34.3 Å². The van der Waals surface area contributed by atoms with E-state index in [0.717, 1.165) is 30.5 Å². The molecule has 2 rings (SSSR count). The number of nitrogens with two attached hydrogens (primary N) is 1. The van der Waals surface area contributed by atoms with Gasteiger partial charge in [-0.1, -0.05) is 28.1 Å². The maximum atomic E-state index is 6.16. The molecule has 0 amide bonds. The van der Waals surface area contributed by atoms with Crippen LogP contribution in [0.15, 0.2) is 28.7 Å². The zero-order valence-electron chi connectivity index (χ0n) is 12.6. The fraction of sp³-hybridized carbons (Fsp3) is 0.625. The van der Waals surface area contributed by atoms with Crippen molar-refractivity contribution in [1.82, 2.24) is 9.80 Å². The summed E-state index contributed by atoms with van der Waals surface area (Å²) in [6.45, 7) is 4.04. The van der Waals surface area contributed by atoms with Crippen molar-refractivity contribution < 1.29 is 0 Å². The molecule has 0 saturated carbocycles. The highest BCUT2D eigenvalue weighted by Gasteiger charge is 2.34. The highest BCUT2D eigenvalue weighted by atomic mass is 79.9. The van der Waals surface area contributed by atoms with Gasteiger partial charge in [0.05, 0.1) is 0 Å². The summed E-state index contributed by atoms with van der Waals surface area (Å²) >= 11 is 3.49. The minimum Gasteiger partial charge on any atom is -0.329 e. The molecule has 112 valence electrons. The van der Waals surface area contributed by atoms with Crippen molar-refractivity contribution in [3.63, 3.8) is 0 Å². The van der Waals surface area contributed by atoms with Gasteiger partial charge >= 0.3 is 0 Å². The first-order valence-corrected chi connectivity index (χ1v) is 8.19. The lowest BCUT2D eigenvalue weighted by atomic mass is 9.88. The molecule has 0 spiro atoms. The zero-order chi connectivity index (χ0) is 14.6. The lowest BCUT2D eigenvalue weighted by Crippen LogP contribution is -2.52. The average molecular weight is 340 g/mol. The quantitative estimate of drug-likeness (QED) is 0.915. The number of hydrogen-bond acceptors (Lipinski definition) is 3. The second-order valence-corrected chi connectivity index (χ2v) is 6.98. The standard InChI is InChI=1S/C16H26BrN3/c1-19-10-3-8-16(13-18,9-11-19)20(2)12-14-4-6-15(17)7-5-14/h4-7H,3,8-13,18H2,1-2H3. The molecule has 2 N–H and O–H groups in total. The van der Waals surface area contributed by atoms with Gasteiger partial charge in [0.15, 0.2) is 0 Å². The van der Waals surface area contributed by atoms with Crippen molar-refractivity contribution in [3.8, 4) is 0 Å². The molecule has 1 aliphatic rings. The summed E-state index contributed by atoms with van der Waals surface area (Å²) in [5, 5.41) is 0. The van der Waals surface area contributed by atoms with Gasteiger partial charge in [0.2, 0.25) is 0 Å². The van der Waals surface area contributed by atoms with E-state index in [-0.39, 0.29) is 5.54 Å². The maximum absolute atomic E-state index is 6.16. The summed E-state index contributed by atoms with van der Waals surface area (Å²) in [4.78, 5) is 4.89. The minimum absolute atomic E-state index is 0.151. The van der Waals surface area contributed by atoms with Crippen LogP contribution in [0.4, 0.5) is 0 Å². The van der Waals surface area contributed by atoms with Gasteiger partial charge in [-0.05, 0) is 64.1 Å². The fourth-order valence-corrected chi connectivity index (χ4v) is 3.35. The van der Waals surface area contributed by atoms with Gasteiger partial charge in [-0.25, -0.2) is 0 Å². The molecule has 1 aromatic rings. The van der Waals surface area contributed by atoms with Crippen LogP contribution < -0.4 is 5.73 Å². The van der Waals surface area contributed by atoms with Crippen LogP contribution in [0.2, 0.25) is 0 Å². The van der Waals surface area contributed by atoms with Crippen molar-refractivity contribution in [2.75, 3.05) is 33.7 Å². The van der Waals surface area contributed by atoms with Crippen molar-refractivity contribution >= 4 is 15.9 Å². The Morgan fingerprint density at radius 2 is 1.95 bits per heavy atom. The summed E-state index contributed by atoms with van der Waals surface area (Å²) in [6, 6.07) is 8.60. The molecule has 1 aliphatic heterocycles.